The molecule has 0 amide bonds. The summed E-state index contributed by atoms with van der Waals surface area (Å²) in [5.74, 6) is 2.16. The molecule has 1 saturated heterocycles. The van der Waals surface area contributed by atoms with Crippen molar-refractivity contribution in [2.45, 2.75) is 13.5 Å². The van der Waals surface area contributed by atoms with Gasteiger partial charge in [-0.1, -0.05) is 29.8 Å². The van der Waals surface area contributed by atoms with Crippen LogP contribution < -0.4 is 15.1 Å². The van der Waals surface area contributed by atoms with Crippen LogP contribution in [0.25, 0.3) is 0 Å². The van der Waals surface area contributed by atoms with Crippen LogP contribution in [0.4, 0.5) is 17.7 Å². The Morgan fingerprint density at radius 2 is 1.78 bits per heavy atom. The molecule has 27 heavy (non-hydrogen) atoms. The summed E-state index contributed by atoms with van der Waals surface area (Å²) < 4.78 is 0. The maximum Gasteiger partial charge on any atom is 0.244 e. The maximum atomic E-state index is 4.62. The van der Waals surface area contributed by atoms with Crippen LogP contribution in [0, 0.1) is 6.92 Å². The van der Waals surface area contributed by atoms with Gasteiger partial charge in [-0.25, -0.2) is 9.97 Å². The fraction of sp³-hybridized carbons (Fsp3) is 0.316. The monoisotopic (exact) mass is 362 g/mol. The molecule has 8 heteroatoms. The zero-order valence-corrected chi connectivity index (χ0v) is 15.3. The van der Waals surface area contributed by atoms with Crippen molar-refractivity contribution in [2.24, 2.45) is 0 Å². The second kappa shape index (κ2) is 7.94. The number of aryl methyl sites for hydroxylation is 1. The highest BCUT2D eigenvalue weighted by Gasteiger charge is 2.20. The van der Waals surface area contributed by atoms with Crippen LogP contribution in [-0.2, 0) is 6.54 Å². The molecular formula is C19H22N8. The first-order valence-electron chi connectivity index (χ1n) is 9.04. The molecule has 1 aliphatic rings. The third-order valence-electron chi connectivity index (χ3n) is 4.52. The molecule has 0 atom stereocenters. The van der Waals surface area contributed by atoms with E-state index < -0.39 is 0 Å². The first-order valence-corrected chi connectivity index (χ1v) is 9.04. The lowest BCUT2D eigenvalue weighted by Gasteiger charge is -2.35. The number of nitrogens with zero attached hydrogens (tertiary/aromatic N) is 7. The van der Waals surface area contributed by atoms with Crippen molar-refractivity contribution in [1.82, 2.24) is 25.1 Å². The lowest BCUT2D eigenvalue weighted by atomic mass is 10.1. The number of nitrogens with one attached hydrogen (secondary N) is 1. The minimum Gasteiger partial charge on any atom is -0.352 e. The lowest BCUT2D eigenvalue weighted by Crippen LogP contribution is -2.47. The predicted octanol–water partition coefficient (Wildman–Crippen LogP) is 1.91. The highest BCUT2D eigenvalue weighted by molar-refractivity contribution is 5.43. The molecule has 8 nitrogen and oxygen atoms in total. The van der Waals surface area contributed by atoms with E-state index in [2.05, 4.69) is 71.5 Å². The maximum absolute atomic E-state index is 4.62. The average Bonchev–Trinajstić information content (AvgIpc) is 2.73. The number of aromatic nitrogens is 5. The fourth-order valence-electron chi connectivity index (χ4n) is 3.12. The van der Waals surface area contributed by atoms with Gasteiger partial charge in [0.15, 0.2) is 5.82 Å². The van der Waals surface area contributed by atoms with Crippen LogP contribution in [0.5, 0.6) is 0 Å². The Morgan fingerprint density at radius 1 is 1.00 bits per heavy atom. The molecule has 1 N–H and O–H groups in total. The highest BCUT2D eigenvalue weighted by atomic mass is 15.4. The lowest BCUT2D eigenvalue weighted by molar-refractivity contribution is 0.632. The number of hydrogen-bond acceptors (Lipinski definition) is 8. The molecule has 0 aliphatic carbocycles. The minimum absolute atomic E-state index is 0.544. The van der Waals surface area contributed by atoms with E-state index in [0.29, 0.717) is 12.5 Å². The third-order valence-corrected chi connectivity index (χ3v) is 4.52. The van der Waals surface area contributed by atoms with Crippen molar-refractivity contribution >= 4 is 17.7 Å². The normalized spacial score (nSPS) is 14.3. The van der Waals surface area contributed by atoms with E-state index in [0.717, 1.165) is 37.9 Å². The Hall–Kier alpha value is -3.29. The van der Waals surface area contributed by atoms with Crippen LogP contribution in [0.15, 0.2) is 48.9 Å². The quantitative estimate of drug-likeness (QED) is 0.737. The van der Waals surface area contributed by atoms with Crippen molar-refractivity contribution < 1.29 is 0 Å². The molecule has 0 saturated carbocycles. The third kappa shape index (κ3) is 4.28. The second-order valence-electron chi connectivity index (χ2n) is 6.50. The Morgan fingerprint density at radius 3 is 2.56 bits per heavy atom. The Labute approximate surface area is 158 Å². The van der Waals surface area contributed by atoms with Gasteiger partial charge in [-0.15, -0.1) is 5.10 Å². The van der Waals surface area contributed by atoms with Gasteiger partial charge in [0, 0.05) is 45.1 Å². The van der Waals surface area contributed by atoms with Crippen molar-refractivity contribution in [3.8, 4) is 0 Å². The molecule has 1 aliphatic heterocycles. The van der Waals surface area contributed by atoms with Crippen LogP contribution in [0.3, 0.4) is 0 Å². The van der Waals surface area contributed by atoms with Gasteiger partial charge in [0.25, 0.3) is 0 Å². The summed E-state index contributed by atoms with van der Waals surface area (Å²) in [7, 11) is 0. The average molecular weight is 362 g/mol. The van der Waals surface area contributed by atoms with Gasteiger partial charge in [0.05, 0.1) is 6.20 Å². The zero-order valence-electron chi connectivity index (χ0n) is 15.3. The predicted molar refractivity (Wildman–Crippen MR) is 105 cm³/mol. The molecule has 4 rings (SSSR count). The molecule has 1 fully saturated rings. The SMILES string of the molecule is Cc1cccc(CNc2nncc(N3CCN(c4ncccn4)CC3)n2)c1. The molecule has 2 aromatic heterocycles. The molecule has 3 aromatic rings. The van der Waals surface area contributed by atoms with E-state index in [9.17, 15) is 0 Å². The molecule has 3 heterocycles. The summed E-state index contributed by atoms with van der Waals surface area (Å²) in [4.78, 5) is 17.7. The Balaban J connectivity index is 1.37. The van der Waals surface area contributed by atoms with Crippen molar-refractivity contribution in [2.75, 3.05) is 41.3 Å². The van der Waals surface area contributed by atoms with Gasteiger partial charge in [0.1, 0.15) is 0 Å². The van der Waals surface area contributed by atoms with E-state index in [-0.39, 0.29) is 0 Å². The van der Waals surface area contributed by atoms with Crippen LogP contribution in [0.2, 0.25) is 0 Å². The number of hydrogen-bond donors (Lipinski definition) is 1. The summed E-state index contributed by atoms with van der Waals surface area (Å²) in [5, 5.41) is 11.5. The molecule has 0 bridgehead atoms. The minimum atomic E-state index is 0.544. The highest BCUT2D eigenvalue weighted by Crippen LogP contribution is 2.16. The fourth-order valence-corrected chi connectivity index (χ4v) is 3.12. The van der Waals surface area contributed by atoms with Crippen LogP contribution in [0.1, 0.15) is 11.1 Å². The molecule has 138 valence electrons. The topological polar surface area (TPSA) is 83.0 Å². The van der Waals surface area contributed by atoms with E-state index in [1.165, 1.54) is 11.1 Å². The molecule has 0 radical (unpaired) electrons. The molecule has 1 aromatic carbocycles. The van der Waals surface area contributed by atoms with Crippen molar-refractivity contribution in [1.29, 1.82) is 0 Å². The molecule has 0 unspecified atom stereocenters. The number of rotatable bonds is 5. The van der Waals surface area contributed by atoms with Crippen molar-refractivity contribution in [3.63, 3.8) is 0 Å². The van der Waals surface area contributed by atoms with Crippen LogP contribution >= 0.6 is 0 Å². The van der Waals surface area contributed by atoms with Gasteiger partial charge in [0.2, 0.25) is 11.9 Å². The number of piperazine rings is 1. The van der Waals surface area contributed by atoms with Crippen LogP contribution in [-0.4, -0.2) is 51.3 Å². The number of anilines is 3. The summed E-state index contributed by atoms with van der Waals surface area (Å²) in [6.45, 7) is 6.14. The first kappa shape index (κ1) is 17.1. The van der Waals surface area contributed by atoms with E-state index in [1.54, 1.807) is 18.6 Å². The summed E-state index contributed by atoms with van der Waals surface area (Å²) in [6.07, 6.45) is 5.26. The summed E-state index contributed by atoms with van der Waals surface area (Å²) in [5.41, 5.74) is 2.43. The van der Waals surface area contributed by atoms with Gasteiger partial charge in [-0.2, -0.15) is 10.1 Å². The van der Waals surface area contributed by atoms with Gasteiger partial charge >= 0.3 is 0 Å². The molecular weight excluding hydrogens is 340 g/mol. The van der Waals surface area contributed by atoms with Gasteiger partial charge < -0.3 is 15.1 Å². The van der Waals surface area contributed by atoms with E-state index >= 15 is 0 Å². The zero-order chi connectivity index (χ0) is 18.5. The second-order valence-corrected chi connectivity index (χ2v) is 6.50. The Bertz CT molecular complexity index is 878. The van der Waals surface area contributed by atoms with E-state index in [4.69, 9.17) is 0 Å². The van der Waals surface area contributed by atoms with Gasteiger partial charge in [-0.3, -0.25) is 0 Å². The standard InChI is InChI=1S/C19H22N8/c1-15-4-2-5-16(12-15)13-22-18-24-17(14-23-25-18)26-8-10-27(11-9-26)19-20-6-3-7-21-19/h2-7,12,14H,8-11,13H2,1H3,(H,22,24,25). The van der Waals surface area contributed by atoms with E-state index in [1.807, 2.05) is 6.07 Å². The largest absolute Gasteiger partial charge is 0.352 e. The van der Waals surface area contributed by atoms with Gasteiger partial charge in [-0.05, 0) is 18.6 Å². The first-order chi connectivity index (χ1) is 13.3. The number of benzene rings is 1. The Kier molecular flexibility index (Phi) is 5.04. The smallest absolute Gasteiger partial charge is 0.244 e. The van der Waals surface area contributed by atoms with Crippen molar-refractivity contribution in [3.05, 3.63) is 60.0 Å². The molecule has 0 spiro atoms. The summed E-state index contributed by atoms with van der Waals surface area (Å²) >= 11 is 0. The summed E-state index contributed by atoms with van der Waals surface area (Å²) in [6, 6.07) is 10.2.